The van der Waals surface area contributed by atoms with Gasteiger partial charge in [-0.15, -0.1) is 0 Å². The second-order valence-corrected chi connectivity index (χ2v) is 4.29. The molecular formula is C12H21N3O3S. The number of amides is 2. The number of nitrogens with zero attached hydrogens (tertiary/aromatic N) is 1. The molecule has 2 amide bonds. The summed E-state index contributed by atoms with van der Waals surface area (Å²) in [7, 11) is 0. The van der Waals surface area contributed by atoms with Crippen molar-refractivity contribution >= 4 is 30.2 Å². The van der Waals surface area contributed by atoms with Gasteiger partial charge in [-0.3, -0.25) is 14.4 Å². The van der Waals surface area contributed by atoms with E-state index in [1.165, 1.54) is 11.8 Å². The Labute approximate surface area is 118 Å². The number of carbonyl (C=O) groups is 3. The molecule has 0 radical (unpaired) electrons. The summed E-state index contributed by atoms with van der Waals surface area (Å²) < 4.78 is 0. The van der Waals surface area contributed by atoms with E-state index in [0.717, 1.165) is 12.8 Å². The summed E-state index contributed by atoms with van der Waals surface area (Å²) >= 11 is 3.94. The van der Waals surface area contributed by atoms with E-state index in [1.807, 2.05) is 6.92 Å². The van der Waals surface area contributed by atoms with E-state index in [2.05, 4.69) is 17.9 Å². The summed E-state index contributed by atoms with van der Waals surface area (Å²) in [5, 5.41) is 2.42. The molecular weight excluding hydrogens is 266 g/mol. The fourth-order valence-electron chi connectivity index (χ4n) is 1.18. The third-order valence-electron chi connectivity index (χ3n) is 2.37. The van der Waals surface area contributed by atoms with Gasteiger partial charge in [-0.05, 0) is 6.42 Å². The number of allylic oxidation sites excluding steroid dienone is 1. The fourth-order valence-corrected chi connectivity index (χ4v) is 1.48. The predicted molar refractivity (Wildman–Crippen MR) is 76.4 cm³/mol. The average molecular weight is 287 g/mol. The molecule has 3 N–H and O–H groups in total. The van der Waals surface area contributed by atoms with Gasteiger partial charge < -0.3 is 16.0 Å². The number of ketones is 1. The quantitative estimate of drug-likeness (QED) is 0.334. The third-order valence-corrected chi connectivity index (χ3v) is 2.71. The molecule has 6 nitrogen and oxygen atoms in total. The molecule has 0 atom stereocenters. The molecule has 0 fully saturated rings. The van der Waals surface area contributed by atoms with Crippen LogP contribution in [0.2, 0.25) is 0 Å². The molecule has 0 saturated heterocycles. The molecule has 0 saturated carbocycles. The van der Waals surface area contributed by atoms with E-state index in [-0.39, 0.29) is 36.4 Å². The second-order valence-electron chi connectivity index (χ2n) is 4.01. The number of nitrogens with one attached hydrogen (secondary N) is 1. The van der Waals surface area contributed by atoms with Gasteiger partial charge in [0.05, 0.1) is 18.1 Å². The molecule has 0 aromatic carbocycles. The normalized spacial score (nSPS) is 11.0. The van der Waals surface area contributed by atoms with Crippen LogP contribution in [0.25, 0.3) is 0 Å². The van der Waals surface area contributed by atoms with Crippen LogP contribution < -0.4 is 11.1 Å². The zero-order valence-electron chi connectivity index (χ0n) is 11.3. The molecule has 0 heterocycles. The van der Waals surface area contributed by atoms with Crippen molar-refractivity contribution in [1.29, 1.82) is 0 Å². The number of hydrogen-bond acceptors (Lipinski definition) is 5. The highest BCUT2D eigenvalue weighted by Gasteiger charge is 2.13. The van der Waals surface area contributed by atoms with Gasteiger partial charge in [-0.25, -0.2) is 0 Å². The average Bonchev–Trinajstić information content (AvgIpc) is 2.38. The Kier molecular flexibility index (Phi) is 8.69. The second kappa shape index (κ2) is 9.43. The van der Waals surface area contributed by atoms with Crippen molar-refractivity contribution in [2.75, 3.05) is 19.0 Å². The van der Waals surface area contributed by atoms with Crippen LogP contribution in [0.15, 0.2) is 11.8 Å². The van der Waals surface area contributed by atoms with Crippen molar-refractivity contribution in [3.8, 4) is 0 Å². The SMILES string of the molecule is CCCC=C(N)C(=O)CNC(=O)CN(CS)C(C)=O. The van der Waals surface area contributed by atoms with Gasteiger partial charge in [0.15, 0.2) is 5.78 Å². The van der Waals surface area contributed by atoms with Crippen LogP contribution in [0, 0.1) is 0 Å². The van der Waals surface area contributed by atoms with E-state index >= 15 is 0 Å². The maximum atomic E-state index is 11.5. The Balaban J connectivity index is 4.16. The molecule has 0 aliphatic heterocycles. The van der Waals surface area contributed by atoms with Gasteiger partial charge in [0.25, 0.3) is 0 Å². The van der Waals surface area contributed by atoms with Crippen molar-refractivity contribution in [3.63, 3.8) is 0 Å². The molecule has 0 aliphatic rings. The van der Waals surface area contributed by atoms with Crippen LogP contribution in [0.3, 0.4) is 0 Å². The lowest BCUT2D eigenvalue weighted by atomic mass is 10.2. The van der Waals surface area contributed by atoms with Crippen LogP contribution >= 0.6 is 12.6 Å². The maximum absolute atomic E-state index is 11.5. The maximum Gasteiger partial charge on any atom is 0.240 e. The topological polar surface area (TPSA) is 92.5 Å². The lowest BCUT2D eigenvalue weighted by Gasteiger charge is -2.17. The summed E-state index contributed by atoms with van der Waals surface area (Å²) in [6, 6.07) is 0. The first-order valence-corrected chi connectivity index (χ1v) is 6.67. The van der Waals surface area contributed by atoms with Gasteiger partial charge in [-0.2, -0.15) is 12.6 Å². The van der Waals surface area contributed by atoms with E-state index in [0.29, 0.717) is 0 Å². The van der Waals surface area contributed by atoms with Crippen molar-refractivity contribution < 1.29 is 14.4 Å². The highest BCUT2D eigenvalue weighted by molar-refractivity contribution is 7.80. The molecule has 0 bridgehead atoms. The van der Waals surface area contributed by atoms with E-state index < -0.39 is 5.91 Å². The van der Waals surface area contributed by atoms with Gasteiger partial charge in [0.2, 0.25) is 11.8 Å². The third kappa shape index (κ3) is 7.50. The predicted octanol–water partition coefficient (Wildman–Crippen LogP) is 0.0502. The molecule has 0 spiro atoms. The summed E-state index contributed by atoms with van der Waals surface area (Å²) in [6.45, 7) is 3.04. The van der Waals surface area contributed by atoms with Crippen LogP contribution in [0.5, 0.6) is 0 Å². The Hall–Kier alpha value is -1.50. The zero-order valence-corrected chi connectivity index (χ0v) is 12.2. The minimum Gasteiger partial charge on any atom is -0.396 e. The summed E-state index contributed by atoms with van der Waals surface area (Å²) in [5.74, 6) is -0.850. The number of unbranched alkanes of at least 4 members (excludes halogenated alkanes) is 1. The summed E-state index contributed by atoms with van der Waals surface area (Å²) in [6.07, 6.45) is 3.27. The van der Waals surface area contributed by atoms with E-state index in [4.69, 9.17) is 5.73 Å². The van der Waals surface area contributed by atoms with Crippen LogP contribution in [-0.2, 0) is 14.4 Å². The van der Waals surface area contributed by atoms with Gasteiger partial charge in [0, 0.05) is 6.92 Å². The number of Topliss-reactive ketones (excluding diaryl/α,β-unsaturated/α-hetero) is 1. The van der Waals surface area contributed by atoms with Gasteiger partial charge in [-0.1, -0.05) is 19.4 Å². The Bertz CT molecular complexity index is 369. The molecule has 0 rings (SSSR count). The number of rotatable bonds is 8. The first-order valence-electron chi connectivity index (χ1n) is 6.04. The number of nitrogens with two attached hydrogens (primary N) is 1. The Morgan fingerprint density at radius 1 is 1.37 bits per heavy atom. The number of thiol groups is 1. The van der Waals surface area contributed by atoms with Crippen molar-refractivity contribution in [3.05, 3.63) is 11.8 Å². The minimum absolute atomic E-state index is 0.120. The van der Waals surface area contributed by atoms with Crippen LogP contribution in [-0.4, -0.2) is 41.5 Å². The highest BCUT2D eigenvalue weighted by atomic mass is 32.1. The largest absolute Gasteiger partial charge is 0.396 e. The molecule has 19 heavy (non-hydrogen) atoms. The van der Waals surface area contributed by atoms with Gasteiger partial charge in [0.1, 0.15) is 6.54 Å². The smallest absolute Gasteiger partial charge is 0.240 e. The Morgan fingerprint density at radius 3 is 2.47 bits per heavy atom. The van der Waals surface area contributed by atoms with Crippen molar-refractivity contribution in [2.45, 2.75) is 26.7 Å². The van der Waals surface area contributed by atoms with Crippen LogP contribution in [0.1, 0.15) is 26.7 Å². The Morgan fingerprint density at radius 2 is 2.00 bits per heavy atom. The van der Waals surface area contributed by atoms with Crippen molar-refractivity contribution in [2.24, 2.45) is 5.73 Å². The van der Waals surface area contributed by atoms with E-state index in [1.54, 1.807) is 6.08 Å². The highest BCUT2D eigenvalue weighted by Crippen LogP contribution is 1.95. The lowest BCUT2D eigenvalue weighted by Crippen LogP contribution is -2.41. The van der Waals surface area contributed by atoms with Gasteiger partial charge >= 0.3 is 0 Å². The molecule has 7 heteroatoms. The molecule has 0 aromatic rings. The molecule has 108 valence electrons. The zero-order chi connectivity index (χ0) is 14.8. The first-order chi connectivity index (χ1) is 8.92. The molecule has 0 aromatic heterocycles. The summed E-state index contributed by atoms with van der Waals surface area (Å²) in [5.41, 5.74) is 5.70. The van der Waals surface area contributed by atoms with E-state index in [9.17, 15) is 14.4 Å². The first kappa shape index (κ1) is 17.5. The lowest BCUT2D eigenvalue weighted by molar-refractivity contribution is -0.133. The number of carbonyl (C=O) groups excluding carboxylic acids is 3. The molecule has 0 aliphatic carbocycles. The fraction of sp³-hybridized carbons (Fsp3) is 0.583. The monoisotopic (exact) mass is 287 g/mol. The molecule has 0 unspecified atom stereocenters. The standard InChI is InChI=1S/C12H21N3O3S/c1-3-4-5-10(13)11(17)6-14-12(18)7-15(8-19)9(2)16/h5,19H,3-4,6-8,13H2,1-2H3,(H,14,18). The van der Waals surface area contributed by atoms with Crippen LogP contribution in [0.4, 0.5) is 0 Å². The van der Waals surface area contributed by atoms with Crippen molar-refractivity contribution in [1.82, 2.24) is 10.2 Å². The number of hydrogen-bond donors (Lipinski definition) is 3. The summed E-state index contributed by atoms with van der Waals surface area (Å²) in [4.78, 5) is 35.4. The minimum atomic E-state index is -0.416.